The van der Waals surface area contributed by atoms with Crippen molar-refractivity contribution in [1.29, 1.82) is 0 Å². The molecule has 0 aliphatic carbocycles. The van der Waals surface area contributed by atoms with Crippen LogP contribution in [-0.2, 0) is 21.2 Å². The molecular weight excluding hydrogens is 453 g/mol. The number of amides is 1. The highest BCUT2D eigenvalue weighted by molar-refractivity contribution is 7.89. The first-order valence-corrected chi connectivity index (χ1v) is 11.6. The number of anilines is 1. The molecule has 0 bridgehead atoms. The van der Waals surface area contributed by atoms with Crippen molar-refractivity contribution in [3.8, 4) is 0 Å². The van der Waals surface area contributed by atoms with Crippen molar-refractivity contribution in [1.82, 2.24) is 4.72 Å². The SMILES string of the molecule is Cc1cc(C)c(S(=O)(=O)NC(Cc2ccccc2)C(=O)Nc2ccc(F)c(F)c2F)c(C)c1. The number of hydrogen-bond donors (Lipinski definition) is 2. The van der Waals surface area contributed by atoms with Gasteiger partial charge in [-0.2, -0.15) is 4.72 Å². The van der Waals surface area contributed by atoms with E-state index in [0.29, 0.717) is 22.8 Å². The van der Waals surface area contributed by atoms with E-state index in [1.165, 1.54) is 0 Å². The van der Waals surface area contributed by atoms with E-state index in [2.05, 4.69) is 10.0 Å². The third-order valence-corrected chi connectivity index (χ3v) is 6.84. The predicted molar refractivity (Wildman–Crippen MR) is 120 cm³/mol. The van der Waals surface area contributed by atoms with E-state index < -0.39 is 45.1 Å². The minimum absolute atomic E-state index is 0.0398. The number of halogens is 3. The third-order valence-electron chi connectivity index (χ3n) is 5.06. The van der Waals surface area contributed by atoms with Gasteiger partial charge in [-0.05, 0) is 56.0 Å². The number of benzene rings is 3. The molecular formula is C24H23F3N2O3S. The van der Waals surface area contributed by atoms with Crippen LogP contribution >= 0.6 is 0 Å². The van der Waals surface area contributed by atoms with Gasteiger partial charge in [0.05, 0.1) is 10.6 Å². The summed E-state index contributed by atoms with van der Waals surface area (Å²) in [5.41, 5.74) is 1.94. The van der Waals surface area contributed by atoms with Gasteiger partial charge in [-0.25, -0.2) is 21.6 Å². The van der Waals surface area contributed by atoms with Gasteiger partial charge >= 0.3 is 0 Å². The predicted octanol–water partition coefficient (Wildman–Crippen LogP) is 4.56. The van der Waals surface area contributed by atoms with Crippen LogP contribution in [0.3, 0.4) is 0 Å². The number of carbonyl (C=O) groups excluding carboxylic acids is 1. The van der Waals surface area contributed by atoms with Crippen molar-refractivity contribution in [2.24, 2.45) is 0 Å². The molecule has 5 nitrogen and oxygen atoms in total. The minimum atomic E-state index is -4.16. The summed E-state index contributed by atoms with van der Waals surface area (Å²) >= 11 is 0. The van der Waals surface area contributed by atoms with Crippen molar-refractivity contribution in [3.05, 3.63) is 94.3 Å². The normalized spacial score (nSPS) is 12.4. The molecule has 0 radical (unpaired) electrons. The zero-order valence-corrected chi connectivity index (χ0v) is 19.1. The van der Waals surface area contributed by atoms with Gasteiger partial charge < -0.3 is 5.32 Å². The van der Waals surface area contributed by atoms with Gasteiger partial charge in [-0.3, -0.25) is 4.79 Å². The van der Waals surface area contributed by atoms with E-state index in [-0.39, 0.29) is 11.3 Å². The first-order chi connectivity index (χ1) is 15.5. The first-order valence-electron chi connectivity index (χ1n) is 10.1. The fraction of sp³-hybridized carbons (Fsp3) is 0.208. The molecule has 0 aromatic heterocycles. The van der Waals surface area contributed by atoms with Crippen LogP contribution in [-0.4, -0.2) is 20.4 Å². The molecule has 174 valence electrons. The summed E-state index contributed by atoms with van der Waals surface area (Å²) in [6.45, 7) is 5.14. The Morgan fingerprint density at radius 3 is 2.12 bits per heavy atom. The maximum Gasteiger partial charge on any atom is 0.242 e. The summed E-state index contributed by atoms with van der Waals surface area (Å²) in [4.78, 5) is 13.0. The lowest BCUT2D eigenvalue weighted by atomic mass is 10.1. The largest absolute Gasteiger partial charge is 0.322 e. The highest BCUT2D eigenvalue weighted by Gasteiger charge is 2.29. The van der Waals surface area contributed by atoms with Gasteiger partial charge in [0.25, 0.3) is 0 Å². The van der Waals surface area contributed by atoms with E-state index in [9.17, 15) is 26.4 Å². The Hall–Kier alpha value is -3.17. The van der Waals surface area contributed by atoms with Gasteiger partial charge in [0.15, 0.2) is 17.5 Å². The maximum absolute atomic E-state index is 14.1. The molecule has 0 saturated carbocycles. The maximum atomic E-state index is 14.1. The number of aryl methyl sites for hydroxylation is 3. The van der Waals surface area contributed by atoms with Gasteiger partial charge in [0.1, 0.15) is 6.04 Å². The Morgan fingerprint density at radius 1 is 0.909 bits per heavy atom. The molecule has 3 rings (SSSR count). The monoisotopic (exact) mass is 476 g/mol. The van der Waals surface area contributed by atoms with Crippen LogP contribution in [0.5, 0.6) is 0 Å². The molecule has 0 heterocycles. The Kier molecular flexibility index (Phi) is 7.24. The summed E-state index contributed by atoms with van der Waals surface area (Å²) in [6, 6.07) is 12.2. The summed E-state index contributed by atoms with van der Waals surface area (Å²) in [5.74, 6) is -5.64. The molecule has 1 atom stereocenters. The minimum Gasteiger partial charge on any atom is -0.322 e. The highest BCUT2D eigenvalue weighted by Crippen LogP contribution is 2.23. The Labute approximate surface area is 190 Å². The van der Waals surface area contributed by atoms with Crippen LogP contribution in [0.2, 0.25) is 0 Å². The molecule has 0 spiro atoms. The van der Waals surface area contributed by atoms with E-state index in [4.69, 9.17) is 0 Å². The fourth-order valence-corrected chi connectivity index (χ4v) is 5.37. The first kappa shape index (κ1) is 24.5. The zero-order valence-electron chi connectivity index (χ0n) is 18.2. The molecule has 0 aliphatic rings. The molecule has 33 heavy (non-hydrogen) atoms. The summed E-state index contributed by atoms with van der Waals surface area (Å²) in [7, 11) is -4.16. The molecule has 1 unspecified atom stereocenters. The zero-order chi connectivity index (χ0) is 24.3. The van der Waals surface area contributed by atoms with Crippen molar-refractivity contribution in [2.75, 3.05) is 5.32 Å². The molecule has 0 aliphatic heterocycles. The van der Waals surface area contributed by atoms with E-state index >= 15 is 0 Å². The second-order valence-corrected chi connectivity index (χ2v) is 9.45. The van der Waals surface area contributed by atoms with Crippen LogP contribution in [0.1, 0.15) is 22.3 Å². The van der Waals surface area contributed by atoms with Gasteiger partial charge in [-0.15, -0.1) is 0 Å². The van der Waals surface area contributed by atoms with Crippen LogP contribution < -0.4 is 10.0 Å². The van der Waals surface area contributed by atoms with E-state index in [0.717, 1.165) is 11.6 Å². The summed E-state index contributed by atoms with van der Waals surface area (Å²) < 4.78 is 69.8. The van der Waals surface area contributed by atoms with Crippen molar-refractivity contribution < 1.29 is 26.4 Å². The molecule has 9 heteroatoms. The molecule has 3 aromatic carbocycles. The fourth-order valence-electron chi connectivity index (χ4n) is 3.72. The Balaban J connectivity index is 1.96. The molecule has 0 fully saturated rings. The average molecular weight is 477 g/mol. The van der Waals surface area contributed by atoms with Gasteiger partial charge in [0, 0.05) is 0 Å². The van der Waals surface area contributed by atoms with Crippen LogP contribution in [0.15, 0.2) is 59.5 Å². The van der Waals surface area contributed by atoms with Gasteiger partial charge in [0.2, 0.25) is 15.9 Å². The van der Waals surface area contributed by atoms with Crippen molar-refractivity contribution >= 4 is 21.6 Å². The molecule has 0 saturated heterocycles. The lowest BCUT2D eigenvalue weighted by Crippen LogP contribution is -2.45. The summed E-state index contributed by atoms with van der Waals surface area (Å²) in [5, 5.41) is 2.16. The number of sulfonamides is 1. The lowest BCUT2D eigenvalue weighted by molar-refractivity contribution is -0.117. The highest BCUT2D eigenvalue weighted by atomic mass is 32.2. The average Bonchev–Trinajstić information content (AvgIpc) is 2.73. The van der Waals surface area contributed by atoms with Crippen molar-refractivity contribution in [2.45, 2.75) is 38.1 Å². The Bertz CT molecular complexity index is 1270. The van der Waals surface area contributed by atoms with E-state index in [1.54, 1.807) is 56.3 Å². The van der Waals surface area contributed by atoms with Crippen LogP contribution in [0.4, 0.5) is 18.9 Å². The second-order valence-electron chi connectivity index (χ2n) is 7.80. The summed E-state index contributed by atoms with van der Waals surface area (Å²) in [6.07, 6.45) is -0.0544. The number of rotatable bonds is 7. The van der Waals surface area contributed by atoms with Gasteiger partial charge in [-0.1, -0.05) is 48.0 Å². The number of hydrogen-bond acceptors (Lipinski definition) is 3. The smallest absolute Gasteiger partial charge is 0.242 e. The topological polar surface area (TPSA) is 75.3 Å². The number of carbonyl (C=O) groups is 1. The van der Waals surface area contributed by atoms with Crippen LogP contribution in [0, 0.1) is 38.2 Å². The molecule has 2 N–H and O–H groups in total. The standard InChI is InChI=1S/C24H23F3N2O3S/c1-14-11-15(2)23(16(3)12-14)33(31,32)29-20(13-17-7-5-4-6-8-17)24(30)28-19-10-9-18(25)21(26)22(19)27/h4-12,20,29H,13H2,1-3H3,(H,28,30). The second kappa shape index (κ2) is 9.76. The van der Waals surface area contributed by atoms with E-state index in [1.807, 2.05) is 6.92 Å². The quantitative estimate of drug-likeness (QED) is 0.491. The lowest BCUT2D eigenvalue weighted by Gasteiger charge is -2.21. The third kappa shape index (κ3) is 5.61. The number of nitrogens with one attached hydrogen (secondary N) is 2. The molecule has 1 amide bonds. The molecule has 3 aromatic rings. The Morgan fingerprint density at radius 2 is 1.52 bits per heavy atom. The van der Waals surface area contributed by atoms with Crippen LogP contribution in [0.25, 0.3) is 0 Å². The van der Waals surface area contributed by atoms with Crippen molar-refractivity contribution in [3.63, 3.8) is 0 Å².